The predicted octanol–water partition coefficient (Wildman–Crippen LogP) is 5.09. The molecule has 0 spiro atoms. The molecule has 1 atom stereocenters. The smallest absolute Gasteiger partial charge is 0.235 e. The molecule has 7 heteroatoms. The van der Waals surface area contributed by atoms with Crippen molar-refractivity contribution in [3.63, 3.8) is 0 Å². The van der Waals surface area contributed by atoms with Crippen molar-refractivity contribution in [1.29, 1.82) is 5.26 Å². The number of hydrogen-bond donors (Lipinski definition) is 1. The molecule has 1 aromatic carbocycles. The largest absolute Gasteiger partial charge is 0.316 e. The fourth-order valence-electron chi connectivity index (χ4n) is 3.16. The second-order valence-electron chi connectivity index (χ2n) is 6.45. The van der Waals surface area contributed by atoms with Crippen molar-refractivity contribution in [3.05, 3.63) is 40.3 Å². The van der Waals surface area contributed by atoms with Crippen LogP contribution in [0.5, 0.6) is 0 Å². The minimum atomic E-state index is -0.0857. The molecular weight excluding hydrogens is 382 g/mol. The number of carbonyl (C=O) groups is 1. The number of anilines is 1. The summed E-state index contributed by atoms with van der Waals surface area (Å²) in [6.07, 6.45) is 3.05. The number of fused-ring (bicyclic) bond motifs is 2. The summed E-state index contributed by atoms with van der Waals surface area (Å²) in [6.45, 7) is 2.24. The Morgan fingerprint density at radius 2 is 2.27 bits per heavy atom. The van der Waals surface area contributed by atoms with Gasteiger partial charge in [-0.3, -0.25) is 4.79 Å². The number of thioether (sulfide) groups is 1. The van der Waals surface area contributed by atoms with Gasteiger partial charge in [-0.15, -0.1) is 22.7 Å². The molecule has 0 fully saturated rings. The Labute approximate surface area is 164 Å². The molecule has 0 saturated carbocycles. The number of nitrogens with one attached hydrogen (secondary N) is 1. The number of nitrogens with zero attached hydrogens (tertiary/aromatic N) is 2. The second-order valence-corrected chi connectivity index (χ2v) is 9.81. The van der Waals surface area contributed by atoms with Crippen LogP contribution in [0.25, 0.3) is 10.2 Å². The summed E-state index contributed by atoms with van der Waals surface area (Å²) in [6, 6.07) is 10.3. The van der Waals surface area contributed by atoms with Crippen molar-refractivity contribution >= 4 is 55.6 Å². The number of amides is 1. The molecule has 26 heavy (non-hydrogen) atoms. The summed E-state index contributed by atoms with van der Waals surface area (Å²) in [5.41, 5.74) is 2.77. The minimum absolute atomic E-state index is 0.0857. The van der Waals surface area contributed by atoms with E-state index in [1.807, 2.05) is 24.3 Å². The van der Waals surface area contributed by atoms with Crippen molar-refractivity contribution in [2.24, 2.45) is 5.92 Å². The number of rotatable bonds is 4. The third-order valence-electron chi connectivity index (χ3n) is 4.48. The van der Waals surface area contributed by atoms with Crippen LogP contribution < -0.4 is 5.32 Å². The molecule has 0 bridgehead atoms. The zero-order valence-electron chi connectivity index (χ0n) is 14.2. The summed E-state index contributed by atoms with van der Waals surface area (Å²) in [5.74, 6) is 0.854. The lowest BCUT2D eigenvalue weighted by atomic mass is 9.89. The van der Waals surface area contributed by atoms with E-state index in [1.165, 1.54) is 16.6 Å². The molecule has 4 rings (SSSR count). The maximum atomic E-state index is 12.4. The van der Waals surface area contributed by atoms with Crippen LogP contribution in [0, 0.1) is 17.2 Å². The highest BCUT2D eigenvalue weighted by atomic mass is 32.2. The molecule has 1 amide bonds. The molecule has 132 valence electrons. The first-order valence-corrected chi connectivity index (χ1v) is 11.1. The Balaban J connectivity index is 1.44. The van der Waals surface area contributed by atoms with Gasteiger partial charge in [0.25, 0.3) is 0 Å². The lowest BCUT2D eigenvalue weighted by Crippen LogP contribution is -2.14. The minimum Gasteiger partial charge on any atom is -0.316 e. The number of nitriles is 1. The maximum absolute atomic E-state index is 12.4. The SMILES string of the molecule is C[C@@H]1CCc2c(sc(NC(=O)CSc3nc4ccccc4s3)c2C#N)C1. The molecule has 2 aromatic heterocycles. The number of carbonyl (C=O) groups excluding carboxylic acids is 1. The van der Waals surface area contributed by atoms with Gasteiger partial charge in [0, 0.05) is 4.88 Å². The summed E-state index contributed by atoms with van der Waals surface area (Å²) in [7, 11) is 0. The molecular formula is C19H17N3OS3. The van der Waals surface area contributed by atoms with Gasteiger partial charge in [-0.1, -0.05) is 30.8 Å². The van der Waals surface area contributed by atoms with Crippen LogP contribution in [0.1, 0.15) is 29.3 Å². The Morgan fingerprint density at radius 3 is 3.08 bits per heavy atom. The summed E-state index contributed by atoms with van der Waals surface area (Å²) in [5, 5.41) is 13.2. The molecule has 0 aliphatic heterocycles. The highest BCUT2D eigenvalue weighted by molar-refractivity contribution is 8.01. The van der Waals surface area contributed by atoms with Crippen molar-refractivity contribution in [2.75, 3.05) is 11.1 Å². The number of hydrogen-bond acceptors (Lipinski definition) is 6. The van der Waals surface area contributed by atoms with Crippen molar-refractivity contribution in [3.8, 4) is 6.07 Å². The second kappa shape index (κ2) is 7.39. The van der Waals surface area contributed by atoms with E-state index in [9.17, 15) is 10.1 Å². The molecule has 0 saturated heterocycles. The molecule has 1 N–H and O–H groups in total. The Bertz CT molecular complexity index is 982. The Morgan fingerprint density at radius 1 is 1.42 bits per heavy atom. The van der Waals surface area contributed by atoms with Crippen LogP contribution in [0.4, 0.5) is 5.00 Å². The third kappa shape index (κ3) is 3.50. The van der Waals surface area contributed by atoms with E-state index in [4.69, 9.17) is 0 Å². The highest BCUT2D eigenvalue weighted by Gasteiger charge is 2.24. The van der Waals surface area contributed by atoms with E-state index >= 15 is 0 Å². The van der Waals surface area contributed by atoms with E-state index in [1.54, 1.807) is 22.7 Å². The predicted molar refractivity (Wildman–Crippen MR) is 109 cm³/mol. The van der Waals surface area contributed by atoms with Gasteiger partial charge in [-0.2, -0.15) is 5.26 Å². The van der Waals surface area contributed by atoms with Crippen molar-refractivity contribution in [1.82, 2.24) is 4.98 Å². The fourth-order valence-corrected chi connectivity index (χ4v) is 6.41. The molecule has 4 nitrogen and oxygen atoms in total. The van der Waals surface area contributed by atoms with E-state index in [0.717, 1.165) is 39.4 Å². The van der Waals surface area contributed by atoms with Gasteiger partial charge in [-0.05, 0) is 42.9 Å². The normalized spacial score (nSPS) is 16.2. The van der Waals surface area contributed by atoms with Crippen LogP contribution in [0.15, 0.2) is 28.6 Å². The zero-order valence-corrected chi connectivity index (χ0v) is 16.7. The molecule has 0 radical (unpaired) electrons. The van der Waals surface area contributed by atoms with Crippen LogP contribution >= 0.6 is 34.4 Å². The molecule has 1 aliphatic carbocycles. The lowest BCUT2D eigenvalue weighted by molar-refractivity contribution is -0.113. The van der Waals surface area contributed by atoms with Gasteiger partial charge in [0.2, 0.25) is 5.91 Å². The van der Waals surface area contributed by atoms with Gasteiger partial charge in [0.15, 0.2) is 4.34 Å². The number of thiazole rings is 1. The van der Waals surface area contributed by atoms with Crippen LogP contribution in [0.2, 0.25) is 0 Å². The fraction of sp³-hybridized carbons (Fsp3) is 0.316. The van der Waals surface area contributed by atoms with Crippen LogP contribution in [-0.4, -0.2) is 16.6 Å². The molecule has 3 aromatic rings. The summed E-state index contributed by atoms with van der Waals surface area (Å²) < 4.78 is 2.02. The third-order valence-corrected chi connectivity index (χ3v) is 7.83. The first kappa shape index (κ1) is 17.5. The molecule has 2 heterocycles. The van der Waals surface area contributed by atoms with Gasteiger partial charge in [0.1, 0.15) is 11.1 Å². The first-order valence-electron chi connectivity index (χ1n) is 8.47. The number of thiophene rings is 1. The van der Waals surface area contributed by atoms with E-state index in [0.29, 0.717) is 22.2 Å². The average molecular weight is 400 g/mol. The monoisotopic (exact) mass is 399 g/mol. The number of aromatic nitrogens is 1. The van der Waals surface area contributed by atoms with Gasteiger partial charge in [0.05, 0.1) is 21.5 Å². The number of benzene rings is 1. The van der Waals surface area contributed by atoms with Gasteiger partial charge in [-0.25, -0.2) is 4.98 Å². The van der Waals surface area contributed by atoms with Gasteiger partial charge >= 0.3 is 0 Å². The standard InChI is InChI=1S/C19H17N3OS3/c1-11-6-7-12-13(9-20)18(25-16(12)8-11)22-17(23)10-24-19-21-14-4-2-3-5-15(14)26-19/h2-5,11H,6-8,10H2,1H3,(H,22,23)/t11-/m1/s1. The first-order chi connectivity index (χ1) is 12.6. The average Bonchev–Trinajstić information content (AvgIpc) is 3.19. The molecule has 0 unspecified atom stereocenters. The van der Waals surface area contributed by atoms with Gasteiger partial charge < -0.3 is 5.32 Å². The van der Waals surface area contributed by atoms with Crippen LogP contribution in [-0.2, 0) is 17.6 Å². The van der Waals surface area contributed by atoms with Crippen LogP contribution in [0.3, 0.4) is 0 Å². The Kier molecular flexibility index (Phi) is 4.98. The van der Waals surface area contributed by atoms with Crippen molar-refractivity contribution < 1.29 is 4.79 Å². The summed E-state index contributed by atoms with van der Waals surface area (Å²) in [4.78, 5) is 18.2. The maximum Gasteiger partial charge on any atom is 0.235 e. The van der Waals surface area contributed by atoms with E-state index in [-0.39, 0.29) is 5.91 Å². The van der Waals surface area contributed by atoms with Crippen molar-refractivity contribution in [2.45, 2.75) is 30.5 Å². The molecule has 1 aliphatic rings. The zero-order chi connectivity index (χ0) is 18.1. The topological polar surface area (TPSA) is 65.8 Å². The lowest BCUT2D eigenvalue weighted by Gasteiger charge is -2.17. The van der Waals surface area contributed by atoms with E-state index < -0.39 is 0 Å². The van der Waals surface area contributed by atoms with E-state index in [2.05, 4.69) is 23.3 Å². The summed E-state index contributed by atoms with van der Waals surface area (Å²) >= 11 is 4.60. The highest BCUT2D eigenvalue weighted by Crippen LogP contribution is 2.39. The quantitative estimate of drug-likeness (QED) is 0.621. The number of para-hydroxylation sites is 1. The Hall–Kier alpha value is -1.88.